The number of halogens is 4. The molecule has 0 spiro atoms. The molecule has 1 aromatic rings. The average Bonchev–Trinajstić information content (AvgIpc) is 2.73. The molecule has 1 nitrogen and oxygen atoms in total. The molecule has 2 atom stereocenters. The second-order valence-electron chi connectivity index (χ2n) is 6.82. The maximum absolute atomic E-state index is 13.1. The first-order chi connectivity index (χ1) is 9.56. The maximum atomic E-state index is 13.1. The third kappa shape index (κ3) is 4.36. The molecule has 0 saturated carbocycles. The van der Waals surface area contributed by atoms with Gasteiger partial charge in [-0.25, -0.2) is 0 Å². The Hall–Kier alpha value is -0.740. The molecule has 0 amide bonds. The van der Waals surface area contributed by atoms with Gasteiger partial charge in [-0.1, -0.05) is 38.4 Å². The fourth-order valence-electron chi connectivity index (χ4n) is 2.82. The van der Waals surface area contributed by atoms with E-state index in [1.165, 1.54) is 12.1 Å². The van der Waals surface area contributed by atoms with Gasteiger partial charge in [0.25, 0.3) is 0 Å². The Balaban J connectivity index is 2.20. The maximum Gasteiger partial charge on any atom is 0.416 e. The molecule has 1 aromatic carbocycles. The lowest BCUT2D eigenvalue weighted by Crippen LogP contribution is -2.18. The second kappa shape index (κ2) is 5.81. The van der Waals surface area contributed by atoms with Gasteiger partial charge in [-0.3, -0.25) is 0 Å². The molecule has 1 unspecified atom stereocenters. The SMILES string of the molecule is CC(C)(C)C[C@@H]1CCC(c2ccc(Cl)cc2C(F)(F)F)O1. The van der Waals surface area contributed by atoms with E-state index >= 15 is 0 Å². The average molecular weight is 321 g/mol. The highest BCUT2D eigenvalue weighted by Gasteiger charge is 2.38. The molecule has 0 radical (unpaired) electrons. The van der Waals surface area contributed by atoms with E-state index < -0.39 is 17.8 Å². The van der Waals surface area contributed by atoms with E-state index in [2.05, 4.69) is 20.8 Å². The molecule has 21 heavy (non-hydrogen) atoms. The highest BCUT2D eigenvalue weighted by atomic mass is 35.5. The molecule has 1 fully saturated rings. The Labute approximate surface area is 128 Å². The fraction of sp³-hybridized carbons (Fsp3) is 0.625. The Morgan fingerprint density at radius 2 is 1.86 bits per heavy atom. The van der Waals surface area contributed by atoms with Crippen LogP contribution in [0.25, 0.3) is 0 Å². The van der Waals surface area contributed by atoms with Gasteiger partial charge in [-0.15, -0.1) is 0 Å². The molecule has 1 aliphatic heterocycles. The highest BCUT2D eigenvalue weighted by molar-refractivity contribution is 6.30. The van der Waals surface area contributed by atoms with Crippen LogP contribution < -0.4 is 0 Å². The predicted octanol–water partition coefficient (Wildman–Crippen LogP) is 6.02. The summed E-state index contributed by atoms with van der Waals surface area (Å²) in [5, 5.41) is 0.0929. The van der Waals surface area contributed by atoms with Crippen molar-refractivity contribution in [3.63, 3.8) is 0 Å². The van der Waals surface area contributed by atoms with Gasteiger partial charge in [0, 0.05) is 5.02 Å². The summed E-state index contributed by atoms with van der Waals surface area (Å²) in [5.41, 5.74) is -0.383. The summed E-state index contributed by atoms with van der Waals surface area (Å²) in [6, 6.07) is 3.92. The van der Waals surface area contributed by atoms with Crippen LogP contribution in [0.15, 0.2) is 18.2 Å². The Morgan fingerprint density at radius 3 is 2.43 bits per heavy atom. The van der Waals surface area contributed by atoms with Crippen molar-refractivity contribution in [2.24, 2.45) is 5.41 Å². The molecule has 1 heterocycles. The van der Waals surface area contributed by atoms with Crippen molar-refractivity contribution in [1.82, 2.24) is 0 Å². The molecule has 118 valence electrons. The monoisotopic (exact) mass is 320 g/mol. The molecule has 0 aromatic heterocycles. The first kappa shape index (κ1) is 16.6. The lowest BCUT2D eigenvalue weighted by molar-refractivity contribution is -0.139. The van der Waals surface area contributed by atoms with Gasteiger partial charge in [-0.05, 0) is 42.4 Å². The van der Waals surface area contributed by atoms with Crippen molar-refractivity contribution in [1.29, 1.82) is 0 Å². The summed E-state index contributed by atoms with van der Waals surface area (Å²) in [6.07, 6.45) is -2.63. The zero-order valence-electron chi connectivity index (χ0n) is 12.4. The highest BCUT2D eigenvalue weighted by Crippen LogP contribution is 2.43. The van der Waals surface area contributed by atoms with Crippen molar-refractivity contribution >= 4 is 11.6 Å². The van der Waals surface area contributed by atoms with Crippen LogP contribution in [0.2, 0.25) is 5.02 Å². The normalized spacial score (nSPS) is 23.6. The Morgan fingerprint density at radius 1 is 1.19 bits per heavy atom. The van der Waals surface area contributed by atoms with E-state index in [-0.39, 0.29) is 22.1 Å². The standard InChI is InChI=1S/C16H20ClF3O/c1-15(2,3)9-11-5-7-14(21-11)12-6-4-10(17)8-13(12)16(18,19)20/h4,6,8,11,14H,5,7,9H2,1-3H3/t11-,14?/m0/s1. The van der Waals surface area contributed by atoms with Crippen molar-refractivity contribution < 1.29 is 17.9 Å². The van der Waals surface area contributed by atoms with Gasteiger partial charge in [0.15, 0.2) is 0 Å². The van der Waals surface area contributed by atoms with E-state index in [0.717, 1.165) is 18.9 Å². The number of benzene rings is 1. The van der Waals surface area contributed by atoms with Crippen LogP contribution in [-0.4, -0.2) is 6.10 Å². The third-order valence-electron chi connectivity index (χ3n) is 3.62. The quantitative estimate of drug-likeness (QED) is 0.648. The molecule has 1 saturated heterocycles. The van der Waals surface area contributed by atoms with E-state index in [1.807, 2.05) is 0 Å². The van der Waals surface area contributed by atoms with Crippen molar-refractivity contribution in [3.8, 4) is 0 Å². The van der Waals surface area contributed by atoms with Gasteiger partial charge in [0.2, 0.25) is 0 Å². The number of rotatable bonds is 2. The first-order valence-electron chi connectivity index (χ1n) is 7.08. The van der Waals surface area contributed by atoms with Crippen molar-refractivity contribution in [3.05, 3.63) is 34.3 Å². The number of ether oxygens (including phenoxy) is 1. The summed E-state index contributed by atoms with van der Waals surface area (Å²) in [4.78, 5) is 0. The lowest BCUT2D eigenvalue weighted by atomic mass is 9.88. The molecule has 0 bridgehead atoms. The van der Waals surface area contributed by atoms with Crippen LogP contribution in [0.3, 0.4) is 0 Å². The first-order valence-corrected chi connectivity index (χ1v) is 7.46. The van der Waals surface area contributed by atoms with E-state index in [0.29, 0.717) is 6.42 Å². The van der Waals surface area contributed by atoms with Crippen LogP contribution in [0.4, 0.5) is 13.2 Å². The second-order valence-corrected chi connectivity index (χ2v) is 7.25. The van der Waals surface area contributed by atoms with Crippen molar-refractivity contribution in [2.45, 2.75) is 58.4 Å². The zero-order chi connectivity index (χ0) is 15.8. The van der Waals surface area contributed by atoms with Crippen LogP contribution in [0.1, 0.15) is 57.3 Å². The lowest BCUT2D eigenvalue weighted by Gasteiger charge is -2.24. The van der Waals surface area contributed by atoms with Gasteiger partial charge < -0.3 is 4.74 Å². The topological polar surface area (TPSA) is 9.23 Å². The minimum absolute atomic E-state index is 0.0201. The summed E-state index contributed by atoms with van der Waals surface area (Å²) >= 11 is 5.70. The molecular weight excluding hydrogens is 301 g/mol. The predicted molar refractivity (Wildman–Crippen MR) is 77.4 cm³/mol. The molecule has 2 rings (SSSR count). The van der Waals surface area contributed by atoms with Crippen LogP contribution in [-0.2, 0) is 10.9 Å². The van der Waals surface area contributed by atoms with Gasteiger partial charge in [-0.2, -0.15) is 13.2 Å². The van der Waals surface area contributed by atoms with Crippen LogP contribution >= 0.6 is 11.6 Å². The van der Waals surface area contributed by atoms with Gasteiger partial charge in [0.1, 0.15) is 0 Å². The summed E-state index contributed by atoms with van der Waals surface area (Å²) in [6.45, 7) is 6.31. The molecule has 0 N–H and O–H groups in total. The fourth-order valence-corrected chi connectivity index (χ4v) is 2.99. The number of alkyl halides is 3. The smallest absolute Gasteiger partial charge is 0.370 e. The van der Waals surface area contributed by atoms with Crippen LogP contribution in [0, 0.1) is 5.41 Å². The third-order valence-corrected chi connectivity index (χ3v) is 3.85. The van der Waals surface area contributed by atoms with E-state index in [1.54, 1.807) is 0 Å². The minimum Gasteiger partial charge on any atom is -0.370 e. The molecule has 0 aliphatic carbocycles. The number of hydrogen-bond donors (Lipinski definition) is 0. The molecule has 1 aliphatic rings. The van der Waals surface area contributed by atoms with E-state index in [4.69, 9.17) is 16.3 Å². The summed E-state index contributed by atoms with van der Waals surface area (Å²) in [5.74, 6) is 0. The summed E-state index contributed by atoms with van der Waals surface area (Å²) in [7, 11) is 0. The van der Waals surface area contributed by atoms with Crippen molar-refractivity contribution in [2.75, 3.05) is 0 Å². The number of hydrogen-bond acceptors (Lipinski definition) is 1. The molecule has 5 heteroatoms. The minimum atomic E-state index is -4.41. The van der Waals surface area contributed by atoms with Gasteiger partial charge in [0.05, 0.1) is 17.8 Å². The summed E-state index contributed by atoms with van der Waals surface area (Å²) < 4.78 is 45.3. The largest absolute Gasteiger partial charge is 0.416 e. The van der Waals surface area contributed by atoms with Gasteiger partial charge >= 0.3 is 6.18 Å². The Kier molecular flexibility index (Phi) is 4.60. The van der Waals surface area contributed by atoms with Crippen LogP contribution in [0.5, 0.6) is 0 Å². The molecular formula is C16H20ClF3O. The van der Waals surface area contributed by atoms with E-state index in [9.17, 15) is 13.2 Å². The Bertz CT molecular complexity index is 505. The zero-order valence-corrected chi connectivity index (χ0v) is 13.2.